The van der Waals surface area contributed by atoms with Crippen molar-refractivity contribution in [3.8, 4) is 0 Å². The molecule has 2 nitrogen and oxygen atoms in total. The Kier molecular flexibility index (Phi) is 4.81. The molecular weight excluding hydrogens is 196 g/mol. The summed E-state index contributed by atoms with van der Waals surface area (Å²) in [5.41, 5.74) is 9.13. The van der Waals surface area contributed by atoms with E-state index in [1.54, 1.807) is 0 Å². The van der Waals surface area contributed by atoms with Crippen molar-refractivity contribution in [2.24, 2.45) is 11.8 Å². The first kappa shape index (κ1) is 13.0. The van der Waals surface area contributed by atoms with Gasteiger partial charge in [0.1, 0.15) is 0 Å². The molecule has 2 heteroatoms. The molecule has 1 aromatic carbocycles. The number of anilines is 1. The lowest BCUT2D eigenvalue weighted by Crippen LogP contribution is -2.23. The predicted molar refractivity (Wildman–Crippen MR) is 71.3 cm³/mol. The third-order valence-corrected chi connectivity index (χ3v) is 3.27. The molecule has 3 N–H and O–H groups in total. The van der Waals surface area contributed by atoms with Crippen molar-refractivity contribution in [3.63, 3.8) is 0 Å². The second-order valence-electron chi connectivity index (χ2n) is 5.04. The molecule has 1 unspecified atom stereocenters. The molecule has 0 aromatic heterocycles. The topological polar surface area (TPSA) is 38.0 Å². The molecule has 1 atom stereocenters. The SMILES string of the molecule is Cc1cc(CNCC(C)C(C)C)ccc1N. The summed E-state index contributed by atoms with van der Waals surface area (Å²) in [7, 11) is 0. The number of rotatable bonds is 5. The first-order valence-corrected chi connectivity index (χ1v) is 6.06. The number of hydrogen-bond donors (Lipinski definition) is 2. The van der Waals surface area contributed by atoms with Crippen LogP contribution < -0.4 is 11.1 Å². The summed E-state index contributed by atoms with van der Waals surface area (Å²) in [6, 6.07) is 6.23. The zero-order valence-electron chi connectivity index (χ0n) is 10.9. The van der Waals surface area contributed by atoms with Crippen LogP contribution in [0.3, 0.4) is 0 Å². The summed E-state index contributed by atoms with van der Waals surface area (Å²) in [4.78, 5) is 0. The molecule has 0 aliphatic rings. The molecule has 0 saturated carbocycles. The minimum absolute atomic E-state index is 0.717. The maximum Gasteiger partial charge on any atom is 0.0343 e. The first-order valence-electron chi connectivity index (χ1n) is 6.06. The van der Waals surface area contributed by atoms with Crippen LogP contribution >= 0.6 is 0 Å². The van der Waals surface area contributed by atoms with Gasteiger partial charge in [-0.2, -0.15) is 0 Å². The summed E-state index contributed by atoms with van der Waals surface area (Å²) in [6.45, 7) is 10.9. The van der Waals surface area contributed by atoms with Gasteiger partial charge in [-0.05, 0) is 42.5 Å². The van der Waals surface area contributed by atoms with Crippen molar-refractivity contribution in [2.75, 3.05) is 12.3 Å². The van der Waals surface area contributed by atoms with E-state index in [-0.39, 0.29) is 0 Å². The zero-order chi connectivity index (χ0) is 12.1. The van der Waals surface area contributed by atoms with Gasteiger partial charge in [0.2, 0.25) is 0 Å². The van der Waals surface area contributed by atoms with Crippen LogP contribution in [0, 0.1) is 18.8 Å². The fourth-order valence-electron chi connectivity index (χ4n) is 1.53. The van der Waals surface area contributed by atoms with Crippen molar-refractivity contribution in [3.05, 3.63) is 29.3 Å². The van der Waals surface area contributed by atoms with E-state index in [2.05, 4.69) is 45.1 Å². The van der Waals surface area contributed by atoms with Crippen LogP contribution in [0.2, 0.25) is 0 Å². The van der Waals surface area contributed by atoms with Gasteiger partial charge in [-0.15, -0.1) is 0 Å². The number of hydrogen-bond acceptors (Lipinski definition) is 2. The molecule has 1 aromatic rings. The number of nitrogens with two attached hydrogens (primary N) is 1. The molecule has 0 heterocycles. The van der Waals surface area contributed by atoms with E-state index in [4.69, 9.17) is 5.73 Å². The molecule has 16 heavy (non-hydrogen) atoms. The molecule has 0 aliphatic heterocycles. The number of aryl methyl sites for hydroxylation is 1. The van der Waals surface area contributed by atoms with Crippen molar-refractivity contribution in [1.82, 2.24) is 5.32 Å². The maximum atomic E-state index is 5.78. The van der Waals surface area contributed by atoms with Crippen LogP contribution in [0.4, 0.5) is 5.69 Å². The fraction of sp³-hybridized carbons (Fsp3) is 0.571. The summed E-state index contributed by atoms with van der Waals surface area (Å²) < 4.78 is 0. The Morgan fingerprint density at radius 2 is 1.94 bits per heavy atom. The second kappa shape index (κ2) is 5.90. The molecule has 0 radical (unpaired) electrons. The summed E-state index contributed by atoms with van der Waals surface area (Å²) in [5.74, 6) is 1.45. The summed E-state index contributed by atoms with van der Waals surface area (Å²) >= 11 is 0. The summed E-state index contributed by atoms with van der Waals surface area (Å²) in [5, 5.41) is 3.49. The van der Waals surface area contributed by atoms with E-state index in [0.717, 1.165) is 36.2 Å². The highest BCUT2D eigenvalue weighted by Crippen LogP contribution is 2.13. The normalized spacial score (nSPS) is 13.1. The Balaban J connectivity index is 2.40. The minimum atomic E-state index is 0.717. The van der Waals surface area contributed by atoms with Gasteiger partial charge in [0.25, 0.3) is 0 Å². The van der Waals surface area contributed by atoms with Gasteiger partial charge in [0, 0.05) is 12.2 Å². The van der Waals surface area contributed by atoms with Crippen LogP contribution in [0.5, 0.6) is 0 Å². The largest absolute Gasteiger partial charge is 0.399 e. The number of nitrogens with one attached hydrogen (secondary N) is 1. The van der Waals surface area contributed by atoms with Crippen LogP contribution in [0.15, 0.2) is 18.2 Å². The lowest BCUT2D eigenvalue weighted by molar-refractivity contribution is 0.392. The van der Waals surface area contributed by atoms with E-state index < -0.39 is 0 Å². The molecule has 0 saturated heterocycles. The minimum Gasteiger partial charge on any atom is -0.399 e. The van der Waals surface area contributed by atoms with Gasteiger partial charge in [-0.1, -0.05) is 32.9 Å². The quantitative estimate of drug-likeness (QED) is 0.749. The van der Waals surface area contributed by atoms with Crippen molar-refractivity contribution in [2.45, 2.75) is 34.2 Å². The summed E-state index contributed by atoms with van der Waals surface area (Å²) in [6.07, 6.45) is 0. The molecule has 0 amide bonds. The van der Waals surface area contributed by atoms with Gasteiger partial charge in [-0.3, -0.25) is 0 Å². The molecule has 0 fully saturated rings. The highest BCUT2D eigenvalue weighted by Gasteiger charge is 2.06. The van der Waals surface area contributed by atoms with Crippen molar-refractivity contribution >= 4 is 5.69 Å². The zero-order valence-corrected chi connectivity index (χ0v) is 10.9. The van der Waals surface area contributed by atoms with Gasteiger partial charge in [0.15, 0.2) is 0 Å². The average molecular weight is 220 g/mol. The standard InChI is InChI=1S/C14H24N2/c1-10(2)12(4)8-16-9-13-5-6-14(15)11(3)7-13/h5-7,10,12,16H,8-9,15H2,1-4H3. The highest BCUT2D eigenvalue weighted by atomic mass is 14.9. The highest BCUT2D eigenvalue weighted by molar-refractivity contribution is 5.47. The van der Waals surface area contributed by atoms with Crippen LogP contribution in [-0.4, -0.2) is 6.54 Å². The second-order valence-corrected chi connectivity index (χ2v) is 5.04. The maximum absolute atomic E-state index is 5.78. The van der Waals surface area contributed by atoms with Crippen molar-refractivity contribution < 1.29 is 0 Å². The van der Waals surface area contributed by atoms with Crippen LogP contribution in [0.1, 0.15) is 31.9 Å². The van der Waals surface area contributed by atoms with Gasteiger partial charge in [-0.25, -0.2) is 0 Å². The Hall–Kier alpha value is -1.02. The van der Waals surface area contributed by atoms with Gasteiger partial charge < -0.3 is 11.1 Å². The molecule has 90 valence electrons. The van der Waals surface area contributed by atoms with Crippen molar-refractivity contribution in [1.29, 1.82) is 0 Å². The third kappa shape index (κ3) is 3.86. The number of nitrogen functional groups attached to an aromatic ring is 1. The Morgan fingerprint density at radius 3 is 2.50 bits per heavy atom. The molecule has 0 spiro atoms. The first-order chi connectivity index (χ1) is 7.50. The van der Waals surface area contributed by atoms with E-state index in [1.807, 2.05) is 6.07 Å². The molecule has 0 bridgehead atoms. The predicted octanol–water partition coefficient (Wildman–Crippen LogP) is 2.96. The van der Waals surface area contributed by atoms with E-state index in [1.165, 1.54) is 5.56 Å². The third-order valence-electron chi connectivity index (χ3n) is 3.27. The Morgan fingerprint density at radius 1 is 1.25 bits per heavy atom. The van der Waals surface area contributed by atoms with Crippen LogP contribution in [-0.2, 0) is 6.54 Å². The number of benzene rings is 1. The molecular formula is C14H24N2. The van der Waals surface area contributed by atoms with E-state index in [9.17, 15) is 0 Å². The lowest BCUT2D eigenvalue weighted by Gasteiger charge is -2.16. The molecule has 0 aliphatic carbocycles. The van der Waals surface area contributed by atoms with E-state index in [0.29, 0.717) is 0 Å². The smallest absolute Gasteiger partial charge is 0.0343 e. The Bertz CT molecular complexity index is 332. The van der Waals surface area contributed by atoms with Crippen LogP contribution in [0.25, 0.3) is 0 Å². The fourth-order valence-corrected chi connectivity index (χ4v) is 1.53. The lowest BCUT2D eigenvalue weighted by atomic mass is 9.98. The molecule has 1 rings (SSSR count). The Labute approximate surface area is 99.2 Å². The van der Waals surface area contributed by atoms with E-state index >= 15 is 0 Å². The average Bonchev–Trinajstić information content (AvgIpc) is 2.23. The monoisotopic (exact) mass is 220 g/mol. The van der Waals surface area contributed by atoms with Gasteiger partial charge >= 0.3 is 0 Å². The van der Waals surface area contributed by atoms with Gasteiger partial charge in [0.05, 0.1) is 0 Å².